The Morgan fingerprint density at radius 3 is 1.85 bits per heavy atom. The van der Waals surface area contributed by atoms with E-state index >= 15 is 0 Å². The molecule has 26 heavy (non-hydrogen) atoms. The molecule has 2 aromatic carbocycles. The minimum atomic E-state index is -0.508. The Morgan fingerprint density at radius 1 is 0.769 bits per heavy atom. The molecule has 4 heteroatoms. The fourth-order valence-corrected chi connectivity index (χ4v) is 2.38. The van der Waals surface area contributed by atoms with Gasteiger partial charge in [0.1, 0.15) is 5.76 Å². The Balaban J connectivity index is 2.49. The first-order chi connectivity index (χ1) is 12.7. The van der Waals surface area contributed by atoms with Crippen LogP contribution in [-0.4, -0.2) is 25.0 Å². The molecule has 0 aliphatic carbocycles. The summed E-state index contributed by atoms with van der Waals surface area (Å²) < 4.78 is 10.5. The first kappa shape index (κ1) is 19.2. The lowest BCUT2D eigenvalue weighted by Crippen LogP contribution is -2.06. The van der Waals surface area contributed by atoms with Crippen molar-refractivity contribution in [1.82, 2.24) is 0 Å². The number of ether oxygens (including phenoxy) is 2. The molecule has 134 valence electrons. The summed E-state index contributed by atoms with van der Waals surface area (Å²) in [6, 6.07) is 18.3. The summed E-state index contributed by atoms with van der Waals surface area (Å²) in [6.07, 6.45) is 2.85. The van der Waals surface area contributed by atoms with E-state index in [2.05, 4.69) is 0 Å². The number of benzene rings is 2. The standard InChI is InChI=1S/C22H22O4/c1-3-25-19(16-21(23)26-4-2)15-20(17-11-7-5-8-12-17)22(24)18-13-9-6-10-14-18/h5-16H,3-4H2,1-2H3/b19-16+,20-15-. The highest BCUT2D eigenvalue weighted by Gasteiger charge is 2.15. The number of allylic oxidation sites excluding steroid dienone is 2. The maximum atomic E-state index is 13.0. The minimum absolute atomic E-state index is 0.147. The number of carbonyl (C=O) groups is 2. The number of hydrogen-bond donors (Lipinski definition) is 0. The summed E-state index contributed by atoms with van der Waals surface area (Å²) in [7, 11) is 0. The topological polar surface area (TPSA) is 52.6 Å². The van der Waals surface area contributed by atoms with Gasteiger partial charge in [-0.15, -0.1) is 0 Å². The first-order valence-corrected chi connectivity index (χ1v) is 8.53. The predicted octanol–water partition coefficient (Wildman–Crippen LogP) is 4.44. The lowest BCUT2D eigenvalue weighted by Gasteiger charge is -2.10. The van der Waals surface area contributed by atoms with E-state index in [0.29, 0.717) is 17.7 Å². The third-order valence-corrected chi connectivity index (χ3v) is 3.51. The fraction of sp³-hybridized carbons (Fsp3) is 0.182. The van der Waals surface area contributed by atoms with Gasteiger partial charge in [-0.3, -0.25) is 4.79 Å². The zero-order valence-corrected chi connectivity index (χ0v) is 15.0. The van der Waals surface area contributed by atoms with Crippen LogP contribution >= 0.6 is 0 Å². The van der Waals surface area contributed by atoms with Crippen molar-refractivity contribution in [1.29, 1.82) is 0 Å². The summed E-state index contributed by atoms with van der Waals surface area (Å²) in [6.45, 7) is 4.18. The molecule has 0 amide bonds. The molecule has 0 bridgehead atoms. The average Bonchev–Trinajstić information content (AvgIpc) is 2.67. The number of Topliss-reactive ketones (excluding diaryl/α,β-unsaturated/α-hetero) is 1. The van der Waals surface area contributed by atoms with E-state index in [1.54, 1.807) is 25.1 Å². The van der Waals surface area contributed by atoms with Crippen LogP contribution in [0.4, 0.5) is 0 Å². The van der Waals surface area contributed by atoms with Gasteiger partial charge in [-0.05, 0) is 25.5 Å². The lowest BCUT2D eigenvalue weighted by atomic mass is 9.96. The molecule has 0 spiro atoms. The second-order valence-electron chi connectivity index (χ2n) is 5.35. The summed E-state index contributed by atoms with van der Waals surface area (Å²) in [5.41, 5.74) is 1.76. The zero-order valence-electron chi connectivity index (χ0n) is 15.0. The molecule has 0 heterocycles. The van der Waals surface area contributed by atoms with E-state index in [0.717, 1.165) is 5.56 Å². The molecule has 4 nitrogen and oxygen atoms in total. The summed E-state index contributed by atoms with van der Waals surface area (Å²) in [4.78, 5) is 24.8. The Kier molecular flexibility index (Phi) is 7.37. The molecule has 0 N–H and O–H groups in total. The summed E-state index contributed by atoms with van der Waals surface area (Å²) >= 11 is 0. The quantitative estimate of drug-likeness (QED) is 0.232. The average molecular weight is 350 g/mol. The molecule has 0 saturated heterocycles. The molecule has 2 rings (SSSR count). The molecule has 0 aliphatic heterocycles. The molecule has 0 atom stereocenters. The Hall–Kier alpha value is -3.14. The Morgan fingerprint density at radius 2 is 1.31 bits per heavy atom. The van der Waals surface area contributed by atoms with E-state index in [1.807, 2.05) is 55.5 Å². The van der Waals surface area contributed by atoms with Gasteiger partial charge in [0, 0.05) is 11.1 Å². The Bertz CT molecular complexity index is 789. The van der Waals surface area contributed by atoms with Gasteiger partial charge >= 0.3 is 5.97 Å². The number of carbonyl (C=O) groups excluding carboxylic acids is 2. The first-order valence-electron chi connectivity index (χ1n) is 8.53. The van der Waals surface area contributed by atoms with E-state index < -0.39 is 5.97 Å². The van der Waals surface area contributed by atoms with Gasteiger partial charge in [-0.25, -0.2) is 4.79 Å². The van der Waals surface area contributed by atoms with E-state index in [1.165, 1.54) is 6.08 Å². The number of ketones is 1. The van der Waals surface area contributed by atoms with Crippen LogP contribution < -0.4 is 0 Å². The van der Waals surface area contributed by atoms with Crippen molar-refractivity contribution in [3.05, 3.63) is 89.7 Å². The number of esters is 1. The highest BCUT2D eigenvalue weighted by atomic mass is 16.5. The number of hydrogen-bond acceptors (Lipinski definition) is 4. The molecular formula is C22H22O4. The van der Waals surface area contributed by atoms with Crippen molar-refractivity contribution in [3.8, 4) is 0 Å². The second-order valence-corrected chi connectivity index (χ2v) is 5.35. The van der Waals surface area contributed by atoms with Gasteiger partial charge in [0.05, 0.1) is 19.3 Å². The maximum absolute atomic E-state index is 13.0. The largest absolute Gasteiger partial charge is 0.494 e. The Labute approximate surface area is 153 Å². The van der Waals surface area contributed by atoms with Gasteiger partial charge in [0.2, 0.25) is 0 Å². The van der Waals surface area contributed by atoms with Crippen LogP contribution in [0.25, 0.3) is 5.57 Å². The second kappa shape index (κ2) is 9.99. The lowest BCUT2D eigenvalue weighted by molar-refractivity contribution is -0.137. The molecule has 0 radical (unpaired) electrons. The smallest absolute Gasteiger partial charge is 0.334 e. The highest BCUT2D eigenvalue weighted by Crippen LogP contribution is 2.22. The third-order valence-electron chi connectivity index (χ3n) is 3.51. The molecule has 0 aliphatic rings. The van der Waals surface area contributed by atoms with E-state index in [9.17, 15) is 9.59 Å². The van der Waals surface area contributed by atoms with Crippen molar-refractivity contribution in [3.63, 3.8) is 0 Å². The van der Waals surface area contributed by atoms with Crippen LogP contribution in [0.1, 0.15) is 29.8 Å². The van der Waals surface area contributed by atoms with E-state index in [-0.39, 0.29) is 18.1 Å². The van der Waals surface area contributed by atoms with Crippen molar-refractivity contribution in [2.24, 2.45) is 0 Å². The van der Waals surface area contributed by atoms with Crippen LogP contribution in [0.15, 0.2) is 78.6 Å². The van der Waals surface area contributed by atoms with Crippen molar-refractivity contribution < 1.29 is 19.1 Å². The van der Waals surface area contributed by atoms with Crippen LogP contribution in [-0.2, 0) is 14.3 Å². The molecule has 0 unspecified atom stereocenters. The van der Waals surface area contributed by atoms with Gasteiger partial charge in [-0.2, -0.15) is 0 Å². The molecule has 0 fully saturated rings. The van der Waals surface area contributed by atoms with Crippen LogP contribution in [0.5, 0.6) is 0 Å². The molecule has 0 aromatic heterocycles. The van der Waals surface area contributed by atoms with Crippen molar-refractivity contribution in [2.45, 2.75) is 13.8 Å². The summed E-state index contributed by atoms with van der Waals surface area (Å²) in [5, 5.41) is 0. The summed E-state index contributed by atoms with van der Waals surface area (Å²) in [5.74, 6) is -0.368. The third kappa shape index (κ3) is 5.45. The van der Waals surface area contributed by atoms with Gasteiger partial charge in [0.15, 0.2) is 5.78 Å². The normalized spacial score (nSPS) is 11.8. The van der Waals surface area contributed by atoms with Crippen molar-refractivity contribution >= 4 is 17.3 Å². The molecule has 2 aromatic rings. The molecular weight excluding hydrogens is 328 g/mol. The number of rotatable bonds is 8. The van der Waals surface area contributed by atoms with Gasteiger partial charge in [-0.1, -0.05) is 60.7 Å². The minimum Gasteiger partial charge on any atom is -0.494 e. The van der Waals surface area contributed by atoms with Crippen LogP contribution in [0, 0.1) is 0 Å². The monoisotopic (exact) mass is 350 g/mol. The molecule has 0 saturated carbocycles. The predicted molar refractivity (Wildman–Crippen MR) is 102 cm³/mol. The van der Waals surface area contributed by atoms with Crippen LogP contribution in [0.3, 0.4) is 0 Å². The zero-order chi connectivity index (χ0) is 18.8. The van der Waals surface area contributed by atoms with Crippen LogP contribution in [0.2, 0.25) is 0 Å². The highest BCUT2D eigenvalue weighted by molar-refractivity contribution is 6.29. The van der Waals surface area contributed by atoms with Gasteiger partial charge in [0.25, 0.3) is 0 Å². The fourth-order valence-electron chi connectivity index (χ4n) is 2.38. The van der Waals surface area contributed by atoms with Crippen molar-refractivity contribution in [2.75, 3.05) is 13.2 Å². The maximum Gasteiger partial charge on any atom is 0.334 e. The van der Waals surface area contributed by atoms with Gasteiger partial charge < -0.3 is 9.47 Å². The van der Waals surface area contributed by atoms with E-state index in [4.69, 9.17) is 9.47 Å². The SMILES string of the molecule is CCOC(=O)/C=C(\C=C(/C(=O)c1ccccc1)c1ccccc1)OCC.